The Balaban J connectivity index is 1.77. The summed E-state index contributed by atoms with van der Waals surface area (Å²) >= 11 is 2.43. The number of fused-ring (bicyclic) bond motifs is 3. The number of rotatable bonds is 4. The highest BCUT2D eigenvalue weighted by molar-refractivity contribution is 14.1. The Bertz CT molecular complexity index is 1460. The minimum atomic E-state index is -2.51. The fourth-order valence-corrected chi connectivity index (χ4v) is 10.8. The third-order valence-electron chi connectivity index (χ3n) is 6.67. The van der Waals surface area contributed by atoms with Gasteiger partial charge in [-0.1, -0.05) is 121 Å². The van der Waals surface area contributed by atoms with E-state index in [1.54, 1.807) is 0 Å². The van der Waals surface area contributed by atoms with Crippen LogP contribution in [-0.4, -0.2) is 10.9 Å². The number of halogens is 1. The second-order valence-corrected chi connectivity index (χ2v) is 13.2. The summed E-state index contributed by atoms with van der Waals surface area (Å²) in [7, 11) is -2.51. The molecule has 158 valence electrons. The van der Waals surface area contributed by atoms with Crippen molar-refractivity contribution in [3.8, 4) is 0 Å². The molecule has 0 saturated heterocycles. The SMILES string of the molecule is In1c2ccccc2c2cc([Si](c3ccccc3)(c3ccccc3)c3ccccc3)ccc21. The quantitative estimate of drug-likeness (QED) is 0.158. The van der Waals surface area contributed by atoms with Gasteiger partial charge in [0.15, 0.2) is 8.07 Å². The van der Waals surface area contributed by atoms with Crippen molar-refractivity contribution in [1.29, 1.82) is 0 Å². The first-order valence-electron chi connectivity index (χ1n) is 11.2. The van der Waals surface area contributed by atoms with Crippen molar-refractivity contribution in [3.05, 3.63) is 133 Å². The lowest BCUT2D eigenvalue weighted by atomic mass is 10.1. The summed E-state index contributed by atoms with van der Waals surface area (Å²) in [5.41, 5.74) is 2.52. The Morgan fingerprint density at radius 3 is 1.42 bits per heavy atom. The molecule has 0 radical (unpaired) electrons. The van der Waals surface area contributed by atoms with Crippen LogP contribution in [0.4, 0.5) is 0 Å². The van der Waals surface area contributed by atoms with E-state index >= 15 is 0 Å². The number of para-hydroxylation sites is 1. The molecule has 0 atom stereocenters. The predicted molar refractivity (Wildman–Crippen MR) is 152 cm³/mol. The molecule has 0 spiro atoms. The van der Waals surface area contributed by atoms with Crippen molar-refractivity contribution in [2.24, 2.45) is 0 Å². The van der Waals surface area contributed by atoms with Gasteiger partial charge < -0.3 is 0 Å². The molecule has 0 N–H and O–H groups in total. The average Bonchev–Trinajstić information content (AvgIpc) is 3.18. The number of benzene rings is 5. The summed E-state index contributed by atoms with van der Waals surface area (Å²) in [5, 5.41) is 8.24. The van der Waals surface area contributed by atoms with Gasteiger partial charge in [-0.15, -0.1) is 0 Å². The van der Waals surface area contributed by atoms with E-state index in [0.717, 1.165) is 0 Å². The van der Waals surface area contributed by atoms with Crippen LogP contribution in [0.5, 0.6) is 0 Å². The van der Waals surface area contributed by atoms with Crippen LogP contribution in [0.15, 0.2) is 133 Å². The summed E-state index contributed by atoms with van der Waals surface area (Å²) in [5.74, 6) is 0. The summed E-state index contributed by atoms with van der Waals surface area (Å²) in [4.78, 5) is 0. The fourth-order valence-electron chi connectivity index (χ4n) is 5.22. The van der Waals surface area contributed by atoms with E-state index in [2.05, 4.69) is 159 Å². The number of hydrogen-bond acceptors (Lipinski definition) is 0. The Kier molecular flexibility index (Phi) is 5.16. The lowest BCUT2D eigenvalue weighted by Crippen LogP contribution is -2.74. The monoisotopic (exact) mass is 551 g/mol. The highest BCUT2D eigenvalue weighted by Crippen LogP contribution is 2.30. The van der Waals surface area contributed by atoms with E-state index in [-0.39, 0.29) is 0 Å². The van der Waals surface area contributed by atoms with Gasteiger partial charge in [0, 0.05) is 10.8 Å². The zero-order chi connectivity index (χ0) is 22.3. The van der Waals surface area contributed by atoms with Crippen LogP contribution in [0.25, 0.3) is 21.8 Å². The Hall–Kier alpha value is -3.15. The molecule has 0 unspecified atom stereocenters. The van der Waals surface area contributed by atoms with Crippen molar-refractivity contribution in [2.45, 2.75) is 0 Å². The summed E-state index contributed by atoms with van der Waals surface area (Å²) in [6, 6.07) is 49.2. The predicted octanol–water partition coefficient (Wildman–Crippen LogP) is 5.37. The van der Waals surface area contributed by atoms with Gasteiger partial charge in [0.25, 0.3) is 0 Å². The summed E-state index contributed by atoms with van der Waals surface area (Å²) < 4.78 is 2.28. The Morgan fingerprint density at radius 2 is 0.879 bits per heavy atom. The molecule has 3 heteroatoms. The Morgan fingerprint density at radius 1 is 0.424 bits per heavy atom. The van der Waals surface area contributed by atoms with Crippen LogP contribution in [-0.2, 0) is 0 Å². The van der Waals surface area contributed by atoms with Gasteiger partial charge in [0.05, 0.1) is 33.9 Å². The third kappa shape index (κ3) is 3.18. The van der Waals surface area contributed by atoms with Crippen LogP contribution in [0, 0.1) is 0 Å². The maximum Gasteiger partial charge on any atom is 0.179 e. The molecule has 1 heterocycles. The first-order chi connectivity index (χ1) is 16.3. The molecule has 0 aliphatic rings. The van der Waals surface area contributed by atoms with Crippen LogP contribution in [0.2, 0.25) is 0 Å². The normalized spacial score (nSPS) is 11.8. The van der Waals surface area contributed by atoms with Crippen molar-refractivity contribution < 1.29 is 0 Å². The molecule has 0 aliphatic carbocycles. The molecule has 0 fully saturated rings. The molecule has 33 heavy (non-hydrogen) atoms. The molecule has 0 amide bonds. The maximum atomic E-state index is 2.46. The molecule has 0 bridgehead atoms. The third-order valence-corrected chi connectivity index (χ3v) is 12.5. The Labute approximate surface area is 208 Å². The lowest BCUT2D eigenvalue weighted by Gasteiger charge is -2.34. The van der Waals surface area contributed by atoms with Crippen LogP contribution in [0.1, 0.15) is 0 Å². The standard InChI is InChI=1S/C30H22INSi/c31-32-29-19-11-10-18-27(29)28-22-26(20-21-30(28)32)33(23-12-4-1-5-13-23,24-14-6-2-7-15-24)25-16-8-3-9-17-25/h1-22H. The number of nitrogens with zero attached hydrogens (tertiary/aromatic N) is 1. The van der Waals surface area contributed by atoms with Gasteiger partial charge in [0.1, 0.15) is 0 Å². The molecule has 5 aromatic carbocycles. The summed E-state index contributed by atoms with van der Waals surface area (Å²) in [6.45, 7) is 0. The molecule has 6 rings (SSSR count). The van der Waals surface area contributed by atoms with E-state index < -0.39 is 8.07 Å². The van der Waals surface area contributed by atoms with Gasteiger partial charge in [-0.05, 0) is 32.9 Å². The van der Waals surface area contributed by atoms with Gasteiger partial charge in [-0.3, -0.25) is 2.78 Å². The zero-order valence-electron chi connectivity index (χ0n) is 18.0. The number of hydrogen-bond donors (Lipinski definition) is 0. The summed E-state index contributed by atoms with van der Waals surface area (Å²) in [6.07, 6.45) is 0. The largest absolute Gasteiger partial charge is 0.282 e. The van der Waals surface area contributed by atoms with E-state index in [1.165, 1.54) is 42.6 Å². The van der Waals surface area contributed by atoms with Crippen LogP contribution >= 0.6 is 22.9 Å². The van der Waals surface area contributed by atoms with E-state index in [4.69, 9.17) is 0 Å². The zero-order valence-corrected chi connectivity index (χ0v) is 21.2. The molecular weight excluding hydrogens is 529 g/mol. The van der Waals surface area contributed by atoms with Crippen molar-refractivity contribution in [3.63, 3.8) is 0 Å². The van der Waals surface area contributed by atoms with Crippen molar-refractivity contribution in [1.82, 2.24) is 2.78 Å². The second kappa shape index (κ2) is 8.32. The van der Waals surface area contributed by atoms with Gasteiger partial charge in [-0.2, -0.15) is 0 Å². The topological polar surface area (TPSA) is 4.93 Å². The highest BCUT2D eigenvalue weighted by Gasteiger charge is 2.41. The van der Waals surface area contributed by atoms with Crippen molar-refractivity contribution in [2.75, 3.05) is 0 Å². The molecule has 0 aliphatic heterocycles. The van der Waals surface area contributed by atoms with Crippen LogP contribution in [0.3, 0.4) is 0 Å². The highest BCUT2D eigenvalue weighted by atomic mass is 127. The van der Waals surface area contributed by atoms with E-state index in [1.807, 2.05) is 0 Å². The van der Waals surface area contributed by atoms with Gasteiger partial charge >= 0.3 is 0 Å². The van der Waals surface area contributed by atoms with E-state index in [0.29, 0.717) is 0 Å². The molecule has 6 aromatic rings. The number of aromatic nitrogens is 1. The minimum Gasteiger partial charge on any atom is -0.282 e. The second-order valence-electron chi connectivity index (χ2n) is 8.38. The average molecular weight is 552 g/mol. The first kappa shape index (κ1) is 20.5. The van der Waals surface area contributed by atoms with Gasteiger partial charge in [0.2, 0.25) is 0 Å². The minimum absolute atomic E-state index is 1.26. The maximum absolute atomic E-state index is 2.51. The fraction of sp³-hybridized carbons (Fsp3) is 0. The lowest BCUT2D eigenvalue weighted by molar-refractivity contribution is 1.50. The van der Waals surface area contributed by atoms with Crippen LogP contribution < -0.4 is 20.7 Å². The first-order valence-corrected chi connectivity index (χ1v) is 14.1. The molecular formula is C30H22INSi. The van der Waals surface area contributed by atoms with Crippen molar-refractivity contribution >= 4 is 73.5 Å². The molecule has 1 aromatic heterocycles. The molecule has 1 nitrogen and oxygen atoms in total. The van der Waals surface area contributed by atoms with Gasteiger partial charge in [-0.25, -0.2) is 0 Å². The van der Waals surface area contributed by atoms with E-state index in [9.17, 15) is 0 Å². The molecule has 0 saturated carbocycles. The smallest absolute Gasteiger partial charge is 0.179 e.